The molecular formula is C22H30N2O5. The third-order valence-electron chi connectivity index (χ3n) is 5.74. The minimum atomic E-state index is -0.616. The van der Waals surface area contributed by atoms with Gasteiger partial charge in [0.2, 0.25) is 0 Å². The molecule has 2 amide bonds. The first-order valence-electron chi connectivity index (χ1n) is 10.5. The summed E-state index contributed by atoms with van der Waals surface area (Å²) in [5.41, 5.74) is 0.425. The van der Waals surface area contributed by atoms with E-state index in [1.54, 1.807) is 24.3 Å². The summed E-state index contributed by atoms with van der Waals surface area (Å²) in [6.07, 6.45) is 6.83. The van der Waals surface area contributed by atoms with Crippen molar-refractivity contribution >= 4 is 17.8 Å². The number of benzene rings is 1. The van der Waals surface area contributed by atoms with E-state index in [9.17, 15) is 14.4 Å². The predicted octanol–water partition coefficient (Wildman–Crippen LogP) is 2.54. The van der Waals surface area contributed by atoms with E-state index in [1.807, 2.05) is 11.8 Å². The van der Waals surface area contributed by atoms with Crippen molar-refractivity contribution in [1.82, 2.24) is 10.2 Å². The number of hydrogen-bond donors (Lipinski definition) is 1. The van der Waals surface area contributed by atoms with E-state index >= 15 is 0 Å². The number of ether oxygens (including phenoxy) is 2. The van der Waals surface area contributed by atoms with Crippen LogP contribution in [0, 0.1) is 5.92 Å². The zero-order valence-corrected chi connectivity index (χ0v) is 17.0. The SMILES string of the molecule is CCOc1ccc(C(=O)NCC(=O)OCC(=O)N2CCC[C@@H]3CCCC[C@@H]32)cc1. The molecule has 0 aromatic heterocycles. The van der Waals surface area contributed by atoms with E-state index in [4.69, 9.17) is 9.47 Å². The average Bonchev–Trinajstić information content (AvgIpc) is 2.76. The molecule has 2 aliphatic rings. The van der Waals surface area contributed by atoms with Crippen molar-refractivity contribution < 1.29 is 23.9 Å². The van der Waals surface area contributed by atoms with Crippen molar-refractivity contribution in [2.45, 2.75) is 51.5 Å². The molecule has 0 radical (unpaired) electrons. The van der Waals surface area contributed by atoms with Crippen LogP contribution in [0.5, 0.6) is 5.75 Å². The van der Waals surface area contributed by atoms with E-state index in [0.717, 1.165) is 25.8 Å². The smallest absolute Gasteiger partial charge is 0.325 e. The monoisotopic (exact) mass is 402 g/mol. The highest BCUT2D eigenvalue weighted by Gasteiger charge is 2.35. The van der Waals surface area contributed by atoms with Gasteiger partial charge < -0.3 is 19.7 Å². The quantitative estimate of drug-likeness (QED) is 0.709. The van der Waals surface area contributed by atoms with Crippen molar-refractivity contribution in [1.29, 1.82) is 0 Å². The van der Waals surface area contributed by atoms with Crippen molar-refractivity contribution in [2.24, 2.45) is 5.92 Å². The first-order valence-corrected chi connectivity index (χ1v) is 10.5. The lowest BCUT2D eigenvalue weighted by atomic mass is 9.78. The first kappa shape index (κ1) is 21.1. The van der Waals surface area contributed by atoms with Crippen LogP contribution in [0.15, 0.2) is 24.3 Å². The Morgan fingerprint density at radius 3 is 2.55 bits per heavy atom. The van der Waals surface area contributed by atoms with Gasteiger partial charge in [0.25, 0.3) is 11.8 Å². The fourth-order valence-corrected chi connectivity index (χ4v) is 4.33. The van der Waals surface area contributed by atoms with E-state index in [2.05, 4.69) is 5.32 Å². The van der Waals surface area contributed by atoms with Gasteiger partial charge in [-0.3, -0.25) is 14.4 Å². The molecule has 1 heterocycles. The number of amides is 2. The molecule has 2 fully saturated rings. The van der Waals surface area contributed by atoms with Crippen molar-refractivity contribution in [3.05, 3.63) is 29.8 Å². The molecule has 29 heavy (non-hydrogen) atoms. The number of likely N-dealkylation sites (tertiary alicyclic amines) is 1. The Kier molecular flexibility index (Phi) is 7.49. The molecule has 1 aromatic carbocycles. The normalized spacial score (nSPS) is 21.1. The van der Waals surface area contributed by atoms with Gasteiger partial charge in [0.05, 0.1) is 6.61 Å². The molecule has 1 aliphatic heterocycles. The lowest BCUT2D eigenvalue weighted by Crippen LogP contribution is -2.51. The molecule has 1 saturated heterocycles. The van der Waals surface area contributed by atoms with Gasteiger partial charge in [0.1, 0.15) is 12.3 Å². The molecule has 1 aliphatic carbocycles. The second-order valence-corrected chi connectivity index (χ2v) is 7.64. The molecule has 0 spiro atoms. The summed E-state index contributed by atoms with van der Waals surface area (Å²) in [4.78, 5) is 38.5. The highest BCUT2D eigenvalue weighted by Crippen LogP contribution is 2.35. The number of carbonyl (C=O) groups excluding carboxylic acids is 3. The van der Waals surface area contributed by atoms with Gasteiger partial charge >= 0.3 is 5.97 Å². The van der Waals surface area contributed by atoms with Gasteiger partial charge in [0, 0.05) is 18.2 Å². The Balaban J connectivity index is 1.41. The van der Waals surface area contributed by atoms with Crippen molar-refractivity contribution in [3.63, 3.8) is 0 Å². The molecule has 1 aromatic rings. The Morgan fingerprint density at radius 1 is 1.07 bits per heavy atom. The zero-order valence-electron chi connectivity index (χ0n) is 17.0. The number of carbonyl (C=O) groups is 3. The number of rotatable bonds is 7. The van der Waals surface area contributed by atoms with Crippen LogP contribution in [-0.2, 0) is 14.3 Å². The third-order valence-corrected chi connectivity index (χ3v) is 5.74. The van der Waals surface area contributed by atoms with Gasteiger partial charge in [-0.05, 0) is 62.8 Å². The van der Waals surface area contributed by atoms with Gasteiger partial charge in [-0.2, -0.15) is 0 Å². The Bertz CT molecular complexity index is 716. The number of nitrogens with one attached hydrogen (secondary N) is 1. The van der Waals surface area contributed by atoms with E-state index in [1.165, 1.54) is 19.3 Å². The summed E-state index contributed by atoms with van der Waals surface area (Å²) < 4.78 is 10.4. The average molecular weight is 402 g/mol. The summed E-state index contributed by atoms with van der Waals surface area (Å²) in [5.74, 6) is 0.144. The summed E-state index contributed by atoms with van der Waals surface area (Å²) >= 11 is 0. The summed E-state index contributed by atoms with van der Waals surface area (Å²) in [6.45, 7) is 2.64. The van der Waals surface area contributed by atoms with Crippen molar-refractivity contribution in [2.75, 3.05) is 26.3 Å². The van der Waals surface area contributed by atoms with Crippen LogP contribution >= 0.6 is 0 Å². The number of nitrogens with zero attached hydrogens (tertiary/aromatic N) is 1. The second-order valence-electron chi connectivity index (χ2n) is 7.64. The van der Waals surface area contributed by atoms with Gasteiger partial charge in [-0.1, -0.05) is 12.8 Å². The molecule has 7 heteroatoms. The van der Waals surface area contributed by atoms with Gasteiger partial charge in [0.15, 0.2) is 6.61 Å². The van der Waals surface area contributed by atoms with Gasteiger partial charge in [-0.15, -0.1) is 0 Å². The van der Waals surface area contributed by atoms with Crippen LogP contribution in [0.25, 0.3) is 0 Å². The molecule has 7 nitrogen and oxygen atoms in total. The number of fused-ring (bicyclic) bond motifs is 1. The lowest BCUT2D eigenvalue weighted by Gasteiger charge is -2.44. The maximum Gasteiger partial charge on any atom is 0.325 e. The fraction of sp³-hybridized carbons (Fsp3) is 0.591. The second kappa shape index (κ2) is 10.3. The molecular weight excluding hydrogens is 372 g/mol. The highest BCUT2D eigenvalue weighted by atomic mass is 16.5. The van der Waals surface area contributed by atoms with E-state index < -0.39 is 5.97 Å². The zero-order chi connectivity index (χ0) is 20.6. The van der Waals surface area contributed by atoms with E-state index in [0.29, 0.717) is 29.9 Å². The van der Waals surface area contributed by atoms with Crippen LogP contribution in [0.3, 0.4) is 0 Å². The Hall–Kier alpha value is -2.57. The Morgan fingerprint density at radius 2 is 1.79 bits per heavy atom. The standard InChI is InChI=1S/C22H30N2O5/c1-2-28-18-11-9-17(10-12-18)22(27)23-14-21(26)29-15-20(25)24-13-5-7-16-6-3-4-8-19(16)24/h9-12,16,19H,2-8,13-15H2,1H3,(H,23,27)/t16-,19-/m0/s1. The predicted molar refractivity (Wildman–Crippen MR) is 108 cm³/mol. The van der Waals surface area contributed by atoms with Crippen LogP contribution in [0.4, 0.5) is 0 Å². The van der Waals surface area contributed by atoms with Crippen LogP contribution in [0.2, 0.25) is 0 Å². The van der Waals surface area contributed by atoms with Crippen LogP contribution in [-0.4, -0.2) is 55.0 Å². The first-order chi connectivity index (χ1) is 14.1. The van der Waals surface area contributed by atoms with E-state index in [-0.39, 0.29) is 25.0 Å². The Labute approximate surface area is 171 Å². The third kappa shape index (κ3) is 5.71. The number of esters is 1. The minimum Gasteiger partial charge on any atom is -0.494 e. The summed E-state index contributed by atoms with van der Waals surface area (Å²) in [5, 5.41) is 2.52. The highest BCUT2D eigenvalue weighted by molar-refractivity contribution is 5.96. The molecule has 3 rings (SSSR count). The summed E-state index contributed by atoms with van der Waals surface area (Å²) in [6, 6.07) is 6.96. The maximum absolute atomic E-state index is 12.6. The molecule has 0 bridgehead atoms. The largest absolute Gasteiger partial charge is 0.494 e. The van der Waals surface area contributed by atoms with Crippen LogP contribution in [0.1, 0.15) is 55.8 Å². The minimum absolute atomic E-state index is 0.132. The number of hydrogen-bond acceptors (Lipinski definition) is 5. The molecule has 1 N–H and O–H groups in total. The molecule has 0 unspecified atom stereocenters. The summed E-state index contributed by atoms with van der Waals surface area (Å²) in [7, 11) is 0. The lowest BCUT2D eigenvalue weighted by molar-refractivity contribution is -0.154. The molecule has 2 atom stereocenters. The number of piperidine rings is 1. The molecule has 158 valence electrons. The van der Waals surface area contributed by atoms with Crippen molar-refractivity contribution in [3.8, 4) is 5.75 Å². The molecule has 1 saturated carbocycles. The topological polar surface area (TPSA) is 84.9 Å². The van der Waals surface area contributed by atoms with Gasteiger partial charge in [-0.25, -0.2) is 0 Å². The maximum atomic E-state index is 12.6. The van der Waals surface area contributed by atoms with Crippen LogP contribution < -0.4 is 10.1 Å². The fourth-order valence-electron chi connectivity index (χ4n) is 4.33.